The minimum Gasteiger partial charge on any atom is -0.496 e. The molecule has 1 aliphatic carbocycles. The van der Waals surface area contributed by atoms with Gasteiger partial charge in [0.1, 0.15) is 17.3 Å². The largest absolute Gasteiger partial charge is 0.496 e. The number of aromatic amines is 1. The number of amides is 1. The molecule has 6 heterocycles. The number of carboxylic acids is 1. The molecule has 2 aromatic carbocycles. The summed E-state index contributed by atoms with van der Waals surface area (Å²) in [7, 11) is 3.37. The van der Waals surface area contributed by atoms with Crippen molar-refractivity contribution in [2.75, 3.05) is 51.8 Å². The number of aliphatic hydroxyl groups excluding tert-OH is 1. The molecule has 1 unspecified atom stereocenters. The van der Waals surface area contributed by atoms with Crippen LogP contribution in [0.25, 0.3) is 10.9 Å². The molecule has 6 aliphatic rings. The van der Waals surface area contributed by atoms with E-state index in [2.05, 4.69) is 14.8 Å². The smallest absolute Gasteiger partial charge is 0.320 e. The molecule has 3 fully saturated rings. The molecule has 2 bridgehead atoms. The average molecular weight is 740 g/mol. The zero-order valence-electron chi connectivity index (χ0n) is 31.6. The zero-order chi connectivity index (χ0) is 38.2. The number of ether oxygens (including phenoxy) is 1. The Morgan fingerprint density at radius 1 is 1.06 bits per heavy atom. The van der Waals surface area contributed by atoms with Crippen molar-refractivity contribution in [1.82, 2.24) is 14.8 Å². The Morgan fingerprint density at radius 3 is 2.54 bits per heavy atom. The normalized spacial score (nSPS) is 39.5. The first-order valence-electron chi connectivity index (χ1n) is 19.6. The monoisotopic (exact) mass is 739 g/mol. The number of aliphatic carboxylic acids is 1. The summed E-state index contributed by atoms with van der Waals surface area (Å²) in [6, 6.07) is 10.6. The van der Waals surface area contributed by atoms with Crippen LogP contribution in [-0.2, 0) is 26.8 Å². The number of nitrogens with one attached hydrogen (secondary N) is 1. The SMILES string of the molecule is CC[C@]1(O)C[C@H]2CN(CCc3c([nH]c4ccccc34)[C@@](C(=O)O)(c3cc4c(cc3OC)N(C)[C@H]3[C@@](O)(C(N)=O)[C@H](O)[C@]5(CC)C=CCN6CC[C@@]43[C@@H]65)C2)C1. The summed E-state index contributed by atoms with van der Waals surface area (Å²) in [6.07, 6.45) is 5.37. The van der Waals surface area contributed by atoms with Crippen molar-refractivity contribution in [3.05, 3.63) is 70.9 Å². The molecular weight excluding hydrogens is 686 g/mol. The molecule has 2 saturated heterocycles. The molecule has 1 spiro atoms. The molecule has 0 radical (unpaired) electrons. The fraction of sp³-hybridized carbons (Fsp3) is 0.571. The van der Waals surface area contributed by atoms with E-state index >= 15 is 0 Å². The van der Waals surface area contributed by atoms with E-state index in [1.807, 2.05) is 74.3 Å². The molecule has 5 aliphatic heterocycles. The number of nitrogens with zero attached hydrogens (tertiary/aromatic N) is 3. The molecule has 12 nitrogen and oxygen atoms in total. The van der Waals surface area contributed by atoms with Gasteiger partial charge in [0.2, 0.25) is 0 Å². The van der Waals surface area contributed by atoms with Crippen LogP contribution in [0.1, 0.15) is 68.3 Å². The van der Waals surface area contributed by atoms with Crippen molar-refractivity contribution in [2.45, 2.75) is 92.6 Å². The number of nitrogens with two attached hydrogens (primary N) is 1. The number of anilines is 1. The molecule has 3 aromatic rings. The summed E-state index contributed by atoms with van der Waals surface area (Å²) >= 11 is 0. The highest BCUT2D eigenvalue weighted by Crippen LogP contribution is 2.67. The van der Waals surface area contributed by atoms with E-state index < -0.39 is 51.5 Å². The second-order valence-corrected chi connectivity index (χ2v) is 17.3. The number of para-hydroxylation sites is 1. The predicted octanol–water partition coefficient (Wildman–Crippen LogP) is 2.64. The number of primary amides is 1. The standard InChI is InChI=1S/C42H53N5O7/c1-5-38(52)20-24-21-41(37(50)51,32-26(12-16-46(22-24)23-38)25-10-7-8-11-29(25)44-32)28-18-27-30(19-31(28)54-4)45(3)34-40(27)14-17-47-15-9-13-39(6-2,33(40)47)35(48)42(34,53)36(43)49/h7-11,13,18-19,24,33-35,44,48,52-53H,5-6,12,14-17,20-23H2,1-4H3,(H2,43,49)(H,50,51)/t24-,33+,34-,35-,38+,39-,40+,41+,42+/m1/s1. The Morgan fingerprint density at radius 2 is 1.83 bits per heavy atom. The zero-order valence-corrected chi connectivity index (χ0v) is 31.6. The van der Waals surface area contributed by atoms with Crippen molar-refractivity contribution in [3.63, 3.8) is 0 Å². The van der Waals surface area contributed by atoms with Gasteiger partial charge in [-0.3, -0.25) is 19.4 Å². The number of hydrogen-bond donors (Lipinski definition) is 6. The van der Waals surface area contributed by atoms with Crippen LogP contribution in [0, 0.1) is 11.3 Å². The van der Waals surface area contributed by atoms with E-state index in [-0.39, 0.29) is 18.4 Å². The molecule has 288 valence electrons. The highest BCUT2D eigenvalue weighted by atomic mass is 16.5. The van der Waals surface area contributed by atoms with Crippen LogP contribution in [0.2, 0.25) is 0 Å². The average Bonchev–Trinajstić information content (AvgIpc) is 3.82. The van der Waals surface area contributed by atoms with Crippen molar-refractivity contribution in [2.24, 2.45) is 17.1 Å². The molecule has 1 aromatic heterocycles. The number of H-pyrrole nitrogens is 1. The van der Waals surface area contributed by atoms with Crippen LogP contribution in [0.3, 0.4) is 0 Å². The second kappa shape index (κ2) is 11.8. The number of carbonyl (C=O) groups excluding carboxylic acids is 1. The summed E-state index contributed by atoms with van der Waals surface area (Å²) in [5, 5.41) is 49.6. The Balaban J connectivity index is 1.35. The number of fused-ring (bicyclic) bond motifs is 6. The number of carbonyl (C=O) groups is 2. The Bertz CT molecular complexity index is 2100. The third-order valence-corrected chi connectivity index (χ3v) is 15.1. The summed E-state index contributed by atoms with van der Waals surface area (Å²) in [5.41, 5.74) is 3.79. The van der Waals surface area contributed by atoms with Crippen LogP contribution >= 0.6 is 0 Å². The number of likely N-dealkylation sites (N-methyl/N-ethyl adjacent to an activating group) is 1. The molecule has 1 saturated carbocycles. The maximum Gasteiger partial charge on any atom is 0.320 e. The van der Waals surface area contributed by atoms with Crippen molar-refractivity contribution in [3.8, 4) is 5.75 Å². The molecule has 12 heteroatoms. The lowest BCUT2D eigenvalue weighted by Crippen LogP contribution is -2.81. The third kappa shape index (κ3) is 4.26. The number of aromatic nitrogens is 1. The van der Waals surface area contributed by atoms with Gasteiger partial charge < -0.3 is 40.8 Å². The first-order chi connectivity index (χ1) is 25.8. The second-order valence-electron chi connectivity index (χ2n) is 17.3. The van der Waals surface area contributed by atoms with E-state index in [1.165, 1.54) is 0 Å². The summed E-state index contributed by atoms with van der Waals surface area (Å²) in [4.78, 5) is 38.4. The highest BCUT2D eigenvalue weighted by Gasteiger charge is 2.78. The molecule has 7 N–H and O–H groups in total. The number of carboxylic acid groups (broad SMARTS) is 1. The number of benzene rings is 2. The molecule has 54 heavy (non-hydrogen) atoms. The van der Waals surface area contributed by atoms with E-state index in [0.29, 0.717) is 87.5 Å². The quantitative estimate of drug-likeness (QED) is 0.206. The number of aliphatic hydroxyl groups is 3. The van der Waals surface area contributed by atoms with Crippen LogP contribution < -0.4 is 15.4 Å². The van der Waals surface area contributed by atoms with Crippen molar-refractivity contribution in [1.29, 1.82) is 0 Å². The topological polar surface area (TPSA) is 176 Å². The summed E-state index contributed by atoms with van der Waals surface area (Å²) < 4.78 is 6.22. The summed E-state index contributed by atoms with van der Waals surface area (Å²) in [6.45, 7) is 7.16. The molecule has 9 rings (SSSR count). The number of piperidine rings is 1. The van der Waals surface area contributed by atoms with Crippen molar-refractivity contribution < 1.29 is 34.8 Å². The minimum atomic E-state index is -2.32. The van der Waals surface area contributed by atoms with Gasteiger partial charge in [0, 0.05) is 84.0 Å². The van der Waals surface area contributed by atoms with Gasteiger partial charge in [-0.05, 0) is 74.2 Å². The van der Waals surface area contributed by atoms with Crippen molar-refractivity contribution >= 4 is 28.5 Å². The van der Waals surface area contributed by atoms with Crippen LogP contribution in [-0.4, -0.2) is 123 Å². The Kier molecular flexibility index (Phi) is 7.80. The summed E-state index contributed by atoms with van der Waals surface area (Å²) in [5.74, 6) is -1.78. The van der Waals surface area contributed by atoms with Crippen LogP contribution in [0.4, 0.5) is 5.69 Å². The van der Waals surface area contributed by atoms with Gasteiger partial charge in [-0.25, -0.2) is 0 Å². The van der Waals surface area contributed by atoms with Gasteiger partial charge in [0.15, 0.2) is 5.60 Å². The predicted molar refractivity (Wildman–Crippen MR) is 204 cm³/mol. The first kappa shape index (κ1) is 35.7. The van der Waals surface area contributed by atoms with E-state index in [4.69, 9.17) is 10.5 Å². The van der Waals surface area contributed by atoms with Gasteiger partial charge >= 0.3 is 5.97 Å². The maximum atomic E-state index is 14.6. The van der Waals surface area contributed by atoms with Crippen LogP contribution in [0.5, 0.6) is 5.75 Å². The Labute approximate surface area is 315 Å². The van der Waals surface area contributed by atoms with Gasteiger partial charge in [0.25, 0.3) is 5.91 Å². The van der Waals surface area contributed by atoms with Gasteiger partial charge in [-0.15, -0.1) is 0 Å². The highest BCUT2D eigenvalue weighted by molar-refractivity contribution is 5.94. The number of methoxy groups -OCH3 is 1. The minimum absolute atomic E-state index is 0.160. The maximum absolute atomic E-state index is 14.6. The number of hydrogen-bond acceptors (Lipinski definition) is 9. The van der Waals surface area contributed by atoms with Gasteiger partial charge in [-0.1, -0.05) is 44.2 Å². The fourth-order valence-corrected chi connectivity index (χ4v) is 12.9. The molecular formula is C42H53N5O7. The van der Waals surface area contributed by atoms with E-state index in [9.17, 15) is 30.0 Å². The lowest BCUT2D eigenvalue weighted by atomic mass is 9.47. The third-order valence-electron chi connectivity index (χ3n) is 15.1. The lowest BCUT2D eigenvalue weighted by Gasteiger charge is -2.63. The van der Waals surface area contributed by atoms with E-state index in [1.54, 1.807) is 7.11 Å². The fourth-order valence-electron chi connectivity index (χ4n) is 12.9. The van der Waals surface area contributed by atoms with Gasteiger partial charge in [0.05, 0.1) is 18.8 Å². The lowest BCUT2D eigenvalue weighted by molar-refractivity contribution is -0.201. The molecule has 1 amide bonds. The molecule has 10 atom stereocenters. The first-order valence-corrected chi connectivity index (χ1v) is 19.6. The van der Waals surface area contributed by atoms with Crippen LogP contribution in [0.15, 0.2) is 48.6 Å². The Hall–Kier alpha value is -3.94. The van der Waals surface area contributed by atoms with E-state index in [0.717, 1.165) is 22.0 Å². The number of rotatable bonds is 6. The van der Waals surface area contributed by atoms with Gasteiger partial charge in [-0.2, -0.15) is 0 Å².